The van der Waals surface area contributed by atoms with E-state index in [1.165, 1.54) is 19.3 Å². The summed E-state index contributed by atoms with van der Waals surface area (Å²) in [4.78, 5) is 6.85. The van der Waals surface area contributed by atoms with Gasteiger partial charge in [0.15, 0.2) is 0 Å². The van der Waals surface area contributed by atoms with E-state index in [9.17, 15) is 0 Å². The Hall–Kier alpha value is -0.470. The third-order valence-electron chi connectivity index (χ3n) is 4.34. The van der Waals surface area contributed by atoms with Gasteiger partial charge in [0.1, 0.15) is 5.82 Å². The second-order valence-corrected chi connectivity index (χ2v) is 7.42. The fourth-order valence-corrected chi connectivity index (χ4v) is 3.39. The highest BCUT2D eigenvalue weighted by molar-refractivity contribution is 6.32. The van der Waals surface area contributed by atoms with Crippen LogP contribution in [0, 0.1) is 11.3 Å². The number of halogens is 2. The lowest BCUT2D eigenvalue weighted by Crippen LogP contribution is -2.26. The summed E-state index contributed by atoms with van der Waals surface area (Å²) in [5, 5.41) is 0.658. The van der Waals surface area contributed by atoms with Crippen LogP contribution in [0.15, 0.2) is 12.3 Å². The zero-order chi connectivity index (χ0) is 14.8. The number of pyridine rings is 1. The van der Waals surface area contributed by atoms with Crippen LogP contribution in [0.25, 0.3) is 0 Å². The van der Waals surface area contributed by atoms with Crippen LogP contribution in [0.4, 0.5) is 5.82 Å². The maximum Gasteiger partial charge on any atom is 0.128 e. The first-order chi connectivity index (χ1) is 9.41. The molecule has 1 saturated heterocycles. The second kappa shape index (κ2) is 6.53. The van der Waals surface area contributed by atoms with Gasteiger partial charge in [0.2, 0.25) is 0 Å². The molecule has 4 heteroatoms. The highest BCUT2D eigenvalue weighted by Crippen LogP contribution is 2.35. The smallest absolute Gasteiger partial charge is 0.128 e. The lowest BCUT2D eigenvalue weighted by atomic mass is 9.77. The maximum atomic E-state index is 6.09. The first-order valence-electron chi connectivity index (χ1n) is 7.37. The minimum absolute atomic E-state index is 0.394. The van der Waals surface area contributed by atoms with Crippen molar-refractivity contribution in [3.63, 3.8) is 0 Å². The summed E-state index contributed by atoms with van der Waals surface area (Å²) in [6.45, 7) is 9.18. The first-order valence-corrected chi connectivity index (χ1v) is 8.28. The fourth-order valence-electron chi connectivity index (χ4n) is 2.93. The molecule has 0 radical (unpaired) electrons. The molecule has 1 fully saturated rings. The second-order valence-electron chi connectivity index (χ2n) is 6.75. The van der Waals surface area contributed by atoms with Gasteiger partial charge in [-0.05, 0) is 42.2 Å². The normalized spacial score (nSPS) is 20.9. The van der Waals surface area contributed by atoms with E-state index in [2.05, 4.69) is 30.7 Å². The van der Waals surface area contributed by atoms with Gasteiger partial charge in [-0.25, -0.2) is 4.98 Å². The van der Waals surface area contributed by atoms with Gasteiger partial charge in [-0.3, -0.25) is 0 Å². The van der Waals surface area contributed by atoms with Crippen molar-refractivity contribution in [1.29, 1.82) is 0 Å². The van der Waals surface area contributed by atoms with Crippen LogP contribution in [0.1, 0.15) is 45.6 Å². The molecule has 1 aliphatic rings. The van der Waals surface area contributed by atoms with E-state index in [-0.39, 0.29) is 0 Å². The fraction of sp³-hybridized carbons (Fsp3) is 0.688. The van der Waals surface area contributed by atoms with Crippen molar-refractivity contribution in [2.24, 2.45) is 11.3 Å². The summed E-state index contributed by atoms with van der Waals surface area (Å²) in [7, 11) is 0. The van der Waals surface area contributed by atoms with E-state index in [0.717, 1.165) is 30.4 Å². The van der Waals surface area contributed by atoms with Gasteiger partial charge >= 0.3 is 0 Å². The van der Waals surface area contributed by atoms with Gasteiger partial charge in [0.05, 0.1) is 5.02 Å². The number of nitrogens with zero attached hydrogens (tertiary/aromatic N) is 2. The van der Waals surface area contributed by atoms with E-state index in [0.29, 0.717) is 16.3 Å². The molecule has 1 aliphatic heterocycles. The third-order valence-corrected chi connectivity index (χ3v) is 4.97. The van der Waals surface area contributed by atoms with Crippen molar-refractivity contribution in [1.82, 2.24) is 4.98 Å². The molecule has 1 atom stereocenters. The SMILES string of the molecule is CC(C)(C)C1CCCN(c2cc(CCl)c(Cl)cn2)CC1. The van der Waals surface area contributed by atoms with E-state index >= 15 is 0 Å². The van der Waals surface area contributed by atoms with Gasteiger partial charge < -0.3 is 4.90 Å². The molecular weight excluding hydrogens is 291 g/mol. The minimum atomic E-state index is 0.394. The van der Waals surface area contributed by atoms with E-state index in [1.54, 1.807) is 6.20 Å². The summed E-state index contributed by atoms with van der Waals surface area (Å²) in [6, 6.07) is 2.03. The average molecular weight is 315 g/mol. The number of aromatic nitrogens is 1. The molecule has 0 aliphatic carbocycles. The lowest BCUT2D eigenvalue weighted by molar-refractivity contribution is 0.220. The van der Waals surface area contributed by atoms with Crippen molar-refractivity contribution in [2.45, 2.75) is 45.9 Å². The lowest BCUT2D eigenvalue weighted by Gasteiger charge is -2.30. The predicted octanol–water partition coefficient (Wildman–Crippen LogP) is 5.13. The zero-order valence-electron chi connectivity index (χ0n) is 12.6. The first kappa shape index (κ1) is 15.9. The highest BCUT2D eigenvalue weighted by Gasteiger charge is 2.27. The van der Waals surface area contributed by atoms with Crippen LogP contribution in [0.2, 0.25) is 5.02 Å². The molecule has 0 aromatic carbocycles. The van der Waals surface area contributed by atoms with Gasteiger partial charge in [0, 0.05) is 25.2 Å². The molecule has 1 unspecified atom stereocenters. The molecule has 1 aromatic heterocycles. The maximum absolute atomic E-state index is 6.09. The Morgan fingerprint density at radius 1 is 1.30 bits per heavy atom. The van der Waals surface area contributed by atoms with Crippen molar-refractivity contribution >= 4 is 29.0 Å². The summed E-state index contributed by atoms with van der Waals surface area (Å²) < 4.78 is 0. The van der Waals surface area contributed by atoms with Gasteiger partial charge in [-0.15, -0.1) is 11.6 Å². The highest BCUT2D eigenvalue weighted by atomic mass is 35.5. The molecule has 0 amide bonds. The standard InChI is InChI=1S/C16H24Cl2N2/c1-16(2,3)13-5-4-7-20(8-6-13)15-9-12(10-17)14(18)11-19-15/h9,11,13H,4-8,10H2,1-3H3. The Bertz CT molecular complexity index is 454. The van der Waals surface area contributed by atoms with Crippen LogP contribution in [0.5, 0.6) is 0 Å². The molecular formula is C16H24Cl2N2. The Kier molecular flexibility index (Phi) is 5.19. The van der Waals surface area contributed by atoms with Crippen LogP contribution in [-0.2, 0) is 5.88 Å². The van der Waals surface area contributed by atoms with Gasteiger partial charge in [-0.1, -0.05) is 32.4 Å². The van der Waals surface area contributed by atoms with Crippen LogP contribution in [0.3, 0.4) is 0 Å². The summed E-state index contributed by atoms with van der Waals surface area (Å²) in [5.41, 5.74) is 1.36. The van der Waals surface area contributed by atoms with E-state index in [4.69, 9.17) is 23.2 Å². The van der Waals surface area contributed by atoms with Gasteiger partial charge in [-0.2, -0.15) is 0 Å². The molecule has 2 heterocycles. The number of hydrogen-bond acceptors (Lipinski definition) is 2. The monoisotopic (exact) mass is 314 g/mol. The summed E-state index contributed by atoms with van der Waals surface area (Å²) >= 11 is 12.0. The topological polar surface area (TPSA) is 16.1 Å². The molecule has 2 nitrogen and oxygen atoms in total. The van der Waals surface area contributed by atoms with Crippen LogP contribution >= 0.6 is 23.2 Å². The Balaban J connectivity index is 2.11. The zero-order valence-corrected chi connectivity index (χ0v) is 14.1. The molecule has 20 heavy (non-hydrogen) atoms. The van der Waals surface area contributed by atoms with Crippen molar-refractivity contribution in [2.75, 3.05) is 18.0 Å². The van der Waals surface area contributed by atoms with E-state index in [1.807, 2.05) is 6.07 Å². The van der Waals surface area contributed by atoms with Crippen molar-refractivity contribution in [3.05, 3.63) is 22.8 Å². The van der Waals surface area contributed by atoms with Crippen LogP contribution in [-0.4, -0.2) is 18.1 Å². The molecule has 0 spiro atoms. The largest absolute Gasteiger partial charge is 0.357 e. The molecule has 0 saturated carbocycles. The minimum Gasteiger partial charge on any atom is -0.357 e. The third kappa shape index (κ3) is 3.79. The molecule has 2 rings (SSSR count). The Morgan fingerprint density at radius 2 is 2.05 bits per heavy atom. The van der Waals surface area contributed by atoms with E-state index < -0.39 is 0 Å². The number of anilines is 1. The average Bonchev–Trinajstić information content (AvgIpc) is 2.64. The molecule has 0 N–H and O–H groups in total. The molecule has 1 aromatic rings. The number of rotatable bonds is 2. The molecule has 0 bridgehead atoms. The summed E-state index contributed by atoms with van der Waals surface area (Å²) in [5.74, 6) is 2.24. The summed E-state index contributed by atoms with van der Waals surface area (Å²) in [6.07, 6.45) is 5.48. The quantitative estimate of drug-likeness (QED) is 0.704. The number of hydrogen-bond donors (Lipinski definition) is 0. The Labute approximate surface area is 132 Å². The van der Waals surface area contributed by atoms with Crippen molar-refractivity contribution < 1.29 is 0 Å². The molecule has 112 valence electrons. The van der Waals surface area contributed by atoms with Gasteiger partial charge in [0.25, 0.3) is 0 Å². The predicted molar refractivity (Wildman–Crippen MR) is 87.8 cm³/mol. The number of alkyl halides is 1. The van der Waals surface area contributed by atoms with Crippen LogP contribution < -0.4 is 4.90 Å². The Morgan fingerprint density at radius 3 is 2.70 bits per heavy atom. The van der Waals surface area contributed by atoms with Crippen molar-refractivity contribution in [3.8, 4) is 0 Å².